The maximum Gasteiger partial charge on any atom is 0.339 e. The molecule has 0 aliphatic carbocycles. The molecule has 3 aromatic rings. The lowest BCUT2D eigenvalue weighted by molar-refractivity contribution is 0.103. The van der Waals surface area contributed by atoms with Gasteiger partial charge in [0.25, 0.3) is 0 Å². The monoisotopic (exact) mass is 524 g/mol. The summed E-state index contributed by atoms with van der Waals surface area (Å²) in [4.78, 5) is 13.9. The van der Waals surface area contributed by atoms with Crippen molar-refractivity contribution < 1.29 is 36.3 Å². The van der Waals surface area contributed by atoms with Gasteiger partial charge in [-0.1, -0.05) is 17.7 Å². The van der Waals surface area contributed by atoms with Crippen LogP contribution in [0.1, 0.15) is 40.9 Å². The Balaban J connectivity index is 1.85. The summed E-state index contributed by atoms with van der Waals surface area (Å²) >= 11 is 0. The fraction of sp³-hybridized carbons (Fsp3) is 0.250. The lowest BCUT2D eigenvalue weighted by atomic mass is 9.94. The molecular weight excluding hydrogens is 496 g/mol. The van der Waals surface area contributed by atoms with Crippen molar-refractivity contribution in [1.82, 2.24) is 0 Å². The summed E-state index contributed by atoms with van der Waals surface area (Å²) in [6, 6.07) is 12.0. The molecule has 1 aliphatic heterocycles. The Hall–Kier alpha value is -3.98. The summed E-state index contributed by atoms with van der Waals surface area (Å²) in [5, 5.41) is 0. The van der Waals surface area contributed by atoms with E-state index >= 15 is 0 Å². The van der Waals surface area contributed by atoms with Gasteiger partial charge in [-0.2, -0.15) is 8.42 Å². The molecule has 8 nitrogen and oxygen atoms in total. The van der Waals surface area contributed by atoms with Gasteiger partial charge >= 0.3 is 10.1 Å². The van der Waals surface area contributed by atoms with Crippen molar-refractivity contribution in [3.8, 4) is 28.7 Å². The summed E-state index contributed by atoms with van der Waals surface area (Å²) < 4.78 is 54.0. The van der Waals surface area contributed by atoms with Crippen molar-refractivity contribution in [1.29, 1.82) is 0 Å². The summed E-state index contributed by atoms with van der Waals surface area (Å²) in [5.74, 6) is 0.656. The zero-order valence-electron chi connectivity index (χ0n) is 21.4. The molecule has 0 fully saturated rings. The molecule has 0 saturated carbocycles. The fourth-order valence-corrected chi connectivity index (χ4v) is 4.87. The van der Waals surface area contributed by atoms with Crippen LogP contribution in [0.2, 0.25) is 0 Å². The van der Waals surface area contributed by atoms with Gasteiger partial charge in [-0.15, -0.1) is 0 Å². The first-order chi connectivity index (χ1) is 17.5. The zero-order chi connectivity index (χ0) is 27.0. The van der Waals surface area contributed by atoms with Crippen molar-refractivity contribution in [3.63, 3.8) is 0 Å². The minimum absolute atomic E-state index is 0.0311. The number of benzene rings is 3. The number of carbonyl (C=O) groups is 1. The van der Waals surface area contributed by atoms with Crippen molar-refractivity contribution in [2.24, 2.45) is 0 Å². The molecule has 9 heteroatoms. The third kappa shape index (κ3) is 5.13. The van der Waals surface area contributed by atoms with Crippen LogP contribution in [-0.2, 0) is 10.1 Å². The normalized spacial score (nSPS) is 13.8. The van der Waals surface area contributed by atoms with Crippen LogP contribution in [0.25, 0.3) is 6.08 Å². The van der Waals surface area contributed by atoms with Gasteiger partial charge in [0.15, 0.2) is 17.2 Å². The van der Waals surface area contributed by atoms with Gasteiger partial charge in [0.1, 0.15) is 22.0 Å². The molecule has 0 bridgehead atoms. The predicted molar refractivity (Wildman–Crippen MR) is 139 cm³/mol. The van der Waals surface area contributed by atoms with Crippen molar-refractivity contribution in [3.05, 3.63) is 76.9 Å². The first kappa shape index (κ1) is 26.1. The number of hydrogen-bond acceptors (Lipinski definition) is 8. The summed E-state index contributed by atoms with van der Waals surface area (Å²) in [6.07, 6.45) is 3.65. The van der Waals surface area contributed by atoms with Gasteiger partial charge < -0.3 is 23.1 Å². The first-order valence-corrected chi connectivity index (χ1v) is 12.8. The Bertz CT molecular complexity index is 1490. The van der Waals surface area contributed by atoms with Gasteiger partial charge in [0.05, 0.1) is 38.0 Å². The molecule has 194 valence electrons. The molecule has 3 aromatic carbocycles. The van der Waals surface area contributed by atoms with Gasteiger partial charge in [-0.3, -0.25) is 4.79 Å². The summed E-state index contributed by atoms with van der Waals surface area (Å²) in [6.45, 7) is 5.64. The van der Waals surface area contributed by atoms with E-state index in [1.807, 2.05) is 32.9 Å². The maximum absolute atomic E-state index is 13.9. The molecule has 0 spiro atoms. The highest BCUT2D eigenvalue weighted by Gasteiger charge is 2.32. The van der Waals surface area contributed by atoms with Crippen LogP contribution >= 0.6 is 0 Å². The number of rotatable bonds is 8. The number of carbonyl (C=O) groups excluding carboxylic acids is 1. The van der Waals surface area contributed by atoms with Crippen LogP contribution in [0.3, 0.4) is 0 Å². The van der Waals surface area contributed by atoms with Crippen LogP contribution in [-0.4, -0.2) is 41.1 Å². The number of aryl methyl sites for hydroxylation is 1. The summed E-state index contributed by atoms with van der Waals surface area (Å²) in [5.41, 5.74) is 0.944. The summed E-state index contributed by atoms with van der Waals surface area (Å²) in [7, 11) is 0.133. The van der Waals surface area contributed by atoms with E-state index in [4.69, 9.17) is 23.1 Å². The highest BCUT2D eigenvalue weighted by atomic mass is 32.2. The molecular formula is C28H28O8S. The quantitative estimate of drug-likeness (QED) is 0.293. The van der Waals surface area contributed by atoms with Crippen LogP contribution in [0.5, 0.6) is 28.7 Å². The van der Waals surface area contributed by atoms with E-state index in [1.165, 1.54) is 57.7 Å². The Morgan fingerprint density at radius 2 is 1.57 bits per heavy atom. The molecule has 1 aliphatic rings. The first-order valence-electron chi connectivity index (χ1n) is 11.4. The molecule has 0 amide bonds. The number of ketones is 1. The van der Waals surface area contributed by atoms with E-state index in [9.17, 15) is 13.2 Å². The number of fused-ring (bicyclic) bond motifs is 1. The molecule has 0 N–H and O–H groups in total. The lowest BCUT2D eigenvalue weighted by Crippen LogP contribution is -2.28. The molecule has 0 unspecified atom stereocenters. The lowest BCUT2D eigenvalue weighted by Gasteiger charge is -2.30. The second kappa shape index (κ2) is 9.82. The van der Waals surface area contributed by atoms with E-state index in [1.54, 1.807) is 12.1 Å². The molecule has 1 heterocycles. The highest BCUT2D eigenvalue weighted by molar-refractivity contribution is 7.87. The van der Waals surface area contributed by atoms with E-state index in [0.29, 0.717) is 22.8 Å². The molecule has 0 saturated heterocycles. The third-order valence-corrected chi connectivity index (χ3v) is 7.11. The zero-order valence-corrected chi connectivity index (χ0v) is 22.3. The van der Waals surface area contributed by atoms with Gasteiger partial charge in [-0.05, 0) is 69.3 Å². The average Bonchev–Trinajstić information content (AvgIpc) is 2.87. The van der Waals surface area contributed by atoms with Crippen LogP contribution in [0.15, 0.2) is 59.5 Å². The molecule has 0 radical (unpaired) electrons. The average molecular weight is 525 g/mol. The van der Waals surface area contributed by atoms with Crippen LogP contribution in [0.4, 0.5) is 0 Å². The second-order valence-corrected chi connectivity index (χ2v) is 10.5. The maximum atomic E-state index is 13.9. The predicted octanol–water partition coefficient (Wildman–Crippen LogP) is 5.20. The van der Waals surface area contributed by atoms with Crippen molar-refractivity contribution in [2.75, 3.05) is 21.3 Å². The Labute approximate surface area is 216 Å². The largest absolute Gasteiger partial charge is 0.497 e. The Morgan fingerprint density at radius 3 is 2.19 bits per heavy atom. The second-order valence-electron chi connectivity index (χ2n) is 8.98. The molecule has 0 aromatic heterocycles. The topological polar surface area (TPSA) is 97.4 Å². The Kier molecular flexibility index (Phi) is 6.92. The molecule has 4 rings (SSSR count). The number of hydrogen-bond donors (Lipinski definition) is 0. The molecule has 0 atom stereocenters. The van der Waals surface area contributed by atoms with Crippen molar-refractivity contribution >= 4 is 22.0 Å². The minimum atomic E-state index is -4.22. The van der Waals surface area contributed by atoms with Gasteiger partial charge in [-0.25, -0.2) is 0 Å². The van der Waals surface area contributed by atoms with Gasteiger partial charge in [0, 0.05) is 0 Å². The van der Waals surface area contributed by atoms with E-state index < -0.39 is 21.5 Å². The standard InChI is InChI=1S/C28H28O8S/c1-17-7-10-19(11-8-17)37(30,31)36-23-12-9-18(32-4)15-21(23)25(29)22-16-24(33-5)27-20(26(22)34-6)13-14-28(2,3)35-27/h7-16H,1-6H3. The van der Waals surface area contributed by atoms with Crippen molar-refractivity contribution in [2.45, 2.75) is 31.3 Å². The number of ether oxygens (including phenoxy) is 4. The highest BCUT2D eigenvalue weighted by Crippen LogP contribution is 2.46. The van der Waals surface area contributed by atoms with Crippen LogP contribution < -0.4 is 23.1 Å². The number of methoxy groups -OCH3 is 3. The Morgan fingerprint density at radius 1 is 0.865 bits per heavy atom. The minimum Gasteiger partial charge on any atom is -0.497 e. The van der Waals surface area contributed by atoms with E-state index in [2.05, 4.69) is 0 Å². The van der Waals surface area contributed by atoms with Crippen LogP contribution in [0, 0.1) is 6.92 Å². The SMILES string of the molecule is COc1ccc(OS(=O)(=O)c2ccc(C)cc2)c(C(=O)c2cc(OC)c3c(c2OC)C=CC(C)(C)O3)c1. The smallest absolute Gasteiger partial charge is 0.339 e. The van der Waals surface area contributed by atoms with Gasteiger partial charge in [0.2, 0.25) is 5.78 Å². The fourth-order valence-electron chi connectivity index (χ4n) is 3.92. The third-order valence-electron chi connectivity index (χ3n) is 5.86. The van der Waals surface area contributed by atoms with E-state index in [0.717, 1.165) is 5.56 Å². The molecule has 37 heavy (non-hydrogen) atoms. The van der Waals surface area contributed by atoms with E-state index in [-0.39, 0.29) is 27.5 Å².